The summed E-state index contributed by atoms with van der Waals surface area (Å²) in [7, 11) is -2.14. The maximum absolute atomic E-state index is 13.2. The first-order valence-electron chi connectivity index (χ1n) is 10.1. The summed E-state index contributed by atoms with van der Waals surface area (Å²) in [4.78, 5) is 31.6. The first-order valence-corrected chi connectivity index (χ1v) is 12.6. The quantitative estimate of drug-likeness (QED) is 0.360. The fraction of sp³-hybridized carbons (Fsp3) is 0.273. The number of primary sulfonamides is 1. The predicted molar refractivity (Wildman–Crippen MR) is 126 cm³/mol. The maximum Gasteiger partial charge on any atom is 0.262 e. The molecule has 3 aromatic rings. The van der Waals surface area contributed by atoms with E-state index in [1.165, 1.54) is 33.4 Å². The summed E-state index contributed by atoms with van der Waals surface area (Å²) in [6.07, 6.45) is 0.699. The van der Waals surface area contributed by atoms with Gasteiger partial charge in [0.05, 0.1) is 34.0 Å². The third kappa shape index (κ3) is 6.19. The van der Waals surface area contributed by atoms with E-state index in [9.17, 15) is 18.0 Å². The molecule has 0 spiro atoms. The molecule has 0 aliphatic heterocycles. The highest BCUT2D eigenvalue weighted by molar-refractivity contribution is 7.99. The van der Waals surface area contributed by atoms with E-state index < -0.39 is 10.0 Å². The number of nitrogens with two attached hydrogens (primary N) is 1. The Morgan fingerprint density at radius 3 is 2.58 bits per heavy atom. The lowest BCUT2D eigenvalue weighted by molar-refractivity contribution is -0.127. The van der Waals surface area contributed by atoms with Crippen molar-refractivity contribution in [2.45, 2.75) is 29.4 Å². The van der Waals surface area contributed by atoms with Crippen molar-refractivity contribution in [3.63, 3.8) is 0 Å². The van der Waals surface area contributed by atoms with E-state index in [0.717, 1.165) is 5.56 Å². The summed E-state index contributed by atoms with van der Waals surface area (Å²) < 4.78 is 24.4. The molecule has 1 amide bonds. The molecular weight excluding hydrogens is 462 g/mol. The van der Waals surface area contributed by atoms with Crippen LogP contribution in [0.2, 0.25) is 0 Å². The fourth-order valence-electron chi connectivity index (χ4n) is 3.12. The predicted octanol–water partition coefficient (Wildman–Crippen LogP) is 1.75. The molecule has 11 heteroatoms. The molecule has 1 aromatic heterocycles. The number of nitrogens with zero attached hydrogens (tertiary/aromatic N) is 4. The lowest BCUT2D eigenvalue weighted by Gasteiger charge is -2.16. The second kappa shape index (κ2) is 10.6. The third-order valence-corrected chi connectivity index (χ3v) is 6.90. The molecule has 0 aliphatic carbocycles. The van der Waals surface area contributed by atoms with Crippen LogP contribution in [-0.2, 0) is 27.8 Å². The minimum absolute atomic E-state index is 0.0195. The number of hydrogen-bond acceptors (Lipinski definition) is 7. The summed E-state index contributed by atoms with van der Waals surface area (Å²) in [6, 6.07) is 15.2. The van der Waals surface area contributed by atoms with E-state index in [1.807, 2.05) is 6.07 Å². The molecule has 0 aliphatic rings. The van der Waals surface area contributed by atoms with Gasteiger partial charge in [0.1, 0.15) is 0 Å². The molecule has 0 saturated heterocycles. The number of benzene rings is 2. The molecular formula is C22H23N5O4S2. The second-order valence-corrected chi connectivity index (χ2v) is 9.82. The SMILES string of the molecule is CN(CCC#N)C(=O)CSc1nc2ccccc2c(=O)n1CCc1ccc(S(N)(=O)=O)cc1. The molecule has 2 aromatic carbocycles. The van der Waals surface area contributed by atoms with Crippen molar-refractivity contribution in [3.8, 4) is 6.07 Å². The zero-order valence-corrected chi connectivity index (χ0v) is 19.6. The van der Waals surface area contributed by atoms with Crippen LogP contribution in [0.25, 0.3) is 10.9 Å². The van der Waals surface area contributed by atoms with Crippen molar-refractivity contribution in [2.24, 2.45) is 5.14 Å². The zero-order chi connectivity index (χ0) is 24.0. The zero-order valence-electron chi connectivity index (χ0n) is 18.0. The van der Waals surface area contributed by atoms with Crippen LogP contribution in [0.1, 0.15) is 12.0 Å². The first-order chi connectivity index (χ1) is 15.7. The van der Waals surface area contributed by atoms with E-state index in [2.05, 4.69) is 4.98 Å². The Balaban J connectivity index is 1.85. The number of amides is 1. The number of aromatic nitrogens is 2. The van der Waals surface area contributed by atoms with Crippen molar-refractivity contribution in [2.75, 3.05) is 19.3 Å². The lowest BCUT2D eigenvalue weighted by Crippen LogP contribution is -2.30. The minimum Gasteiger partial charge on any atom is -0.344 e. The van der Waals surface area contributed by atoms with Gasteiger partial charge >= 0.3 is 0 Å². The van der Waals surface area contributed by atoms with Crippen LogP contribution in [0.4, 0.5) is 0 Å². The number of sulfonamides is 1. The lowest BCUT2D eigenvalue weighted by atomic mass is 10.1. The van der Waals surface area contributed by atoms with Gasteiger partial charge in [-0.05, 0) is 36.2 Å². The average Bonchev–Trinajstić information content (AvgIpc) is 2.80. The molecule has 0 unspecified atom stereocenters. The van der Waals surface area contributed by atoms with Crippen molar-refractivity contribution >= 4 is 38.6 Å². The number of fused-ring (bicyclic) bond motifs is 1. The van der Waals surface area contributed by atoms with E-state index in [-0.39, 0.29) is 28.5 Å². The van der Waals surface area contributed by atoms with Crippen molar-refractivity contribution in [1.82, 2.24) is 14.5 Å². The van der Waals surface area contributed by atoms with Crippen LogP contribution in [-0.4, -0.2) is 48.1 Å². The Kier molecular flexibility index (Phi) is 7.86. The first kappa shape index (κ1) is 24.4. The number of hydrogen-bond donors (Lipinski definition) is 1. The van der Waals surface area contributed by atoms with Crippen LogP contribution >= 0.6 is 11.8 Å². The summed E-state index contributed by atoms with van der Waals surface area (Å²) in [5.74, 6) is -0.0850. The Hall–Kier alpha value is -3.20. The highest BCUT2D eigenvalue weighted by Crippen LogP contribution is 2.19. The third-order valence-electron chi connectivity index (χ3n) is 5.01. The van der Waals surface area contributed by atoms with E-state index >= 15 is 0 Å². The number of nitriles is 1. The standard InChI is InChI=1S/C22H23N5O4S2/c1-26(13-4-12-23)20(28)15-32-22-25-19-6-3-2-5-18(19)21(29)27(22)14-11-16-7-9-17(10-8-16)33(24,30)31/h2-3,5-10H,4,11,13-15H2,1H3,(H2,24,30,31). The molecule has 0 saturated carbocycles. The summed E-state index contributed by atoms with van der Waals surface area (Å²) in [5, 5.41) is 14.7. The molecule has 0 fully saturated rings. The second-order valence-electron chi connectivity index (χ2n) is 7.32. The molecule has 0 atom stereocenters. The molecule has 3 rings (SSSR count). The minimum atomic E-state index is -3.78. The van der Waals surface area contributed by atoms with Crippen LogP contribution < -0.4 is 10.7 Å². The van der Waals surface area contributed by atoms with Gasteiger partial charge in [0.2, 0.25) is 15.9 Å². The normalized spacial score (nSPS) is 11.3. The van der Waals surface area contributed by atoms with Crippen LogP contribution in [0.15, 0.2) is 63.4 Å². The highest BCUT2D eigenvalue weighted by atomic mass is 32.2. The Bertz CT molecular complexity index is 1360. The monoisotopic (exact) mass is 485 g/mol. The Labute approximate surface area is 195 Å². The molecule has 0 bridgehead atoms. The molecule has 172 valence electrons. The van der Waals surface area contributed by atoms with Crippen LogP contribution in [0, 0.1) is 11.3 Å². The number of aryl methyl sites for hydroxylation is 1. The number of carbonyl (C=O) groups is 1. The number of carbonyl (C=O) groups excluding carboxylic acids is 1. The molecule has 1 heterocycles. The van der Waals surface area contributed by atoms with Gasteiger partial charge in [0.25, 0.3) is 5.56 Å². The number of rotatable bonds is 9. The van der Waals surface area contributed by atoms with E-state index in [0.29, 0.717) is 35.6 Å². The van der Waals surface area contributed by atoms with Gasteiger partial charge in [-0.2, -0.15) is 5.26 Å². The molecule has 33 heavy (non-hydrogen) atoms. The Morgan fingerprint density at radius 1 is 1.21 bits per heavy atom. The largest absolute Gasteiger partial charge is 0.344 e. The van der Waals surface area contributed by atoms with Gasteiger partial charge in [0.15, 0.2) is 5.16 Å². The Morgan fingerprint density at radius 2 is 1.91 bits per heavy atom. The van der Waals surface area contributed by atoms with E-state index in [4.69, 9.17) is 10.4 Å². The number of para-hydroxylation sites is 1. The molecule has 2 N–H and O–H groups in total. The average molecular weight is 486 g/mol. The summed E-state index contributed by atoms with van der Waals surface area (Å²) in [6.45, 7) is 0.633. The van der Waals surface area contributed by atoms with Gasteiger partial charge < -0.3 is 4.90 Å². The van der Waals surface area contributed by atoms with Crippen LogP contribution in [0.3, 0.4) is 0 Å². The van der Waals surface area contributed by atoms with Crippen molar-refractivity contribution in [1.29, 1.82) is 5.26 Å². The van der Waals surface area contributed by atoms with Crippen LogP contribution in [0.5, 0.6) is 0 Å². The van der Waals surface area contributed by atoms with Crippen molar-refractivity contribution in [3.05, 3.63) is 64.4 Å². The summed E-state index contributed by atoms with van der Waals surface area (Å²) in [5.41, 5.74) is 1.16. The topological polar surface area (TPSA) is 139 Å². The highest BCUT2D eigenvalue weighted by Gasteiger charge is 2.15. The van der Waals surface area contributed by atoms with Gasteiger partial charge in [-0.15, -0.1) is 0 Å². The van der Waals surface area contributed by atoms with E-state index in [1.54, 1.807) is 43.4 Å². The van der Waals surface area contributed by atoms with Gasteiger partial charge in [0, 0.05) is 20.1 Å². The fourth-order valence-corrected chi connectivity index (χ4v) is 4.60. The number of thioether (sulfide) groups is 1. The van der Waals surface area contributed by atoms with Gasteiger partial charge in [-0.25, -0.2) is 18.5 Å². The summed E-state index contributed by atoms with van der Waals surface area (Å²) >= 11 is 1.17. The van der Waals surface area contributed by atoms with Gasteiger partial charge in [-0.1, -0.05) is 36.0 Å². The molecule has 0 radical (unpaired) electrons. The smallest absolute Gasteiger partial charge is 0.262 e. The maximum atomic E-state index is 13.2. The van der Waals surface area contributed by atoms with Gasteiger partial charge in [-0.3, -0.25) is 14.2 Å². The van der Waals surface area contributed by atoms with Crippen molar-refractivity contribution < 1.29 is 13.2 Å². The molecule has 9 nitrogen and oxygen atoms in total.